The summed E-state index contributed by atoms with van der Waals surface area (Å²) in [5.74, 6) is 0.335. The second-order valence-corrected chi connectivity index (χ2v) is 8.27. The first-order valence-corrected chi connectivity index (χ1v) is 9.88. The second kappa shape index (κ2) is 6.43. The van der Waals surface area contributed by atoms with Gasteiger partial charge in [-0.1, -0.05) is 0 Å². The van der Waals surface area contributed by atoms with Gasteiger partial charge in [0.25, 0.3) is 5.91 Å². The molecule has 1 unspecified atom stereocenters. The van der Waals surface area contributed by atoms with E-state index < -0.39 is 12.1 Å². The molecule has 10 nitrogen and oxygen atoms in total. The van der Waals surface area contributed by atoms with Gasteiger partial charge in [0.05, 0.1) is 5.39 Å². The SMILES string of the molecule is CC1NC(=O)N(CC(=O)N2CCN(c3ncnc4[nH]ccc34)CC3(CC3)C2)C1=O. The first kappa shape index (κ1) is 17.9. The van der Waals surface area contributed by atoms with Gasteiger partial charge in [0.2, 0.25) is 5.91 Å². The van der Waals surface area contributed by atoms with Crippen molar-refractivity contribution in [2.24, 2.45) is 5.41 Å². The Morgan fingerprint density at radius 2 is 2.07 bits per heavy atom. The minimum atomic E-state index is -0.578. The minimum absolute atomic E-state index is 0.0459. The Labute approximate surface area is 167 Å². The van der Waals surface area contributed by atoms with E-state index in [1.165, 1.54) is 0 Å². The van der Waals surface area contributed by atoms with Crippen LogP contribution in [0.4, 0.5) is 10.6 Å². The molecular weight excluding hydrogens is 374 g/mol. The zero-order chi connectivity index (χ0) is 20.2. The largest absolute Gasteiger partial charge is 0.354 e. The molecule has 1 saturated carbocycles. The first-order chi connectivity index (χ1) is 14.0. The molecular formula is C19H23N7O3. The summed E-state index contributed by atoms with van der Waals surface area (Å²) in [5, 5.41) is 3.52. The van der Waals surface area contributed by atoms with Gasteiger partial charge in [-0.15, -0.1) is 0 Å². The lowest BCUT2D eigenvalue weighted by molar-refractivity contribution is -0.137. The van der Waals surface area contributed by atoms with Crippen LogP contribution < -0.4 is 10.2 Å². The third-order valence-corrected chi connectivity index (χ3v) is 6.15. The zero-order valence-electron chi connectivity index (χ0n) is 16.2. The van der Waals surface area contributed by atoms with Crippen molar-refractivity contribution in [1.29, 1.82) is 0 Å². The van der Waals surface area contributed by atoms with Gasteiger partial charge in [0.1, 0.15) is 30.4 Å². The van der Waals surface area contributed by atoms with E-state index in [-0.39, 0.29) is 23.8 Å². The summed E-state index contributed by atoms with van der Waals surface area (Å²) in [6.07, 6.45) is 5.51. The van der Waals surface area contributed by atoms with Gasteiger partial charge in [-0.3, -0.25) is 14.5 Å². The number of nitrogens with one attached hydrogen (secondary N) is 2. The third-order valence-electron chi connectivity index (χ3n) is 6.15. The van der Waals surface area contributed by atoms with Crippen LogP contribution in [-0.2, 0) is 9.59 Å². The number of hydrogen-bond acceptors (Lipinski definition) is 6. The van der Waals surface area contributed by atoms with E-state index in [0.29, 0.717) is 19.6 Å². The fourth-order valence-electron chi connectivity index (χ4n) is 4.30. The second-order valence-electron chi connectivity index (χ2n) is 8.27. The molecule has 0 aromatic carbocycles. The number of amides is 4. The van der Waals surface area contributed by atoms with Crippen LogP contribution >= 0.6 is 0 Å². The van der Waals surface area contributed by atoms with Crippen LogP contribution in [0.1, 0.15) is 19.8 Å². The molecule has 3 fully saturated rings. The van der Waals surface area contributed by atoms with Crippen molar-refractivity contribution in [2.45, 2.75) is 25.8 Å². The lowest BCUT2D eigenvalue weighted by Gasteiger charge is -2.25. The number of urea groups is 1. The van der Waals surface area contributed by atoms with Crippen molar-refractivity contribution in [3.8, 4) is 0 Å². The molecule has 1 spiro atoms. The molecule has 0 radical (unpaired) electrons. The predicted molar refractivity (Wildman–Crippen MR) is 104 cm³/mol. The summed E-state index contributed by atoms with van der Waals surface area (Å²) in [6.45, 7) is 4.05. The molecule has 4 heterocycles. The monoisotopic (exact) mass is 397 g/mol. The van der Waals surface area contributed by atoms with Crippen LogP contribution in [0.5, 0.6) is 0 Å². The molecule has 2 aliphatic heterocycles. The number of rotatable bonds is 3. The number of aromatic amines is 1. The van der Waals surface area contributed by atoms with E-state index in [4.69, 9.17) is 0 Å². The van der Waals surface area contributed by atoms with Crippen molar-refractivity contribution in [3.63, 3.8) is 0 Å². The molecule has 29 heavy (non-hydrogen) atoms. The fourth-order valence-corrected chi connectivity index (χ4v) is 4.30. The van der Waals surface area contributed by atoms with E-state index in [1.54, 1.807) is 18.2 Å². The number of hydrogen-bond donors (Lipinski definition) is 2. The van der Waals surface area contributed by atoms with Gasteiger partial charge in [-0.25, -0.2) is 14.8 Å². The summed E-state index contributed by atoms with van der Waals surface area (Å²) in [6, 6.07) is 0.895. The van der Waals surface area contributed by atoms with Crippen molar-refractivity contribution in [3.05, 3.63) is 18.6 Å². The Hall–Kier alpha value is -3.17. The minimum Gasteiger partial charge on any atom is -0.354 e. The van der Waals surface area contributed by atoms with Gasteiger partial charge in [0.15, 0.2) is 0 Å². The topological polar surface area (TPSA) is 115 Å². The van der Waals surface area contributed by atoms with Gasteiger partial charge in [0, 0.05) is 37.8 Å². The molecule has 1 aliphatic carbocycles. The summed E-state index contributed by atoms with van der Waals surface area (Å²) >= 11 is 0. The number of imide groups is 1. The van der Waals surface area contributed by atoms with Gasteiger partial charge in [-0.05, 0) is 25.8 Å². The van der Waals surface area contributed by atoms with Gasteiger partial charge in [-0.2, -0.15) is 0 Å². The number of fused-ring (bicyclic) bond motifs is 1. The maximum atomic E-state index is 12.9. The Morgan fingerprint density at radius 3 is 2.79 bits per heavy atom. The summed E-state index contributed by atoms with van der Waals surface area (Å²) in [4.78, 5) is 53.9. The summed E-state index contributed by atoms with van der Waals surface area (Å²) < 4.78 is 0. The lowest BCUT2D eigenvalue weighted by atomic mass is 10.1. The highest BCUT2D eigenvalue weighted by molar-refractivity contribution is 6.06. The number of H-pyrrole nitrogens is 1. The van der Waals surface area contributed by atoms with E-state index in [9.17, 15) is 14.4 Å². The standard InChI is InChI=1S/C19H23N7O3/c1-12-17(28)26(18(29)23-12)8-14(27)24-6-7-25(10-19(9-24)3-4-19)16-13-2-5-20-15(13)21-11-22-16/h2,5,11-12H,3-4,6-10H2,1H3,(H,23,29)(H,20,21,22). The maximum Gasteiger partial charge on any atom is 0.325 e. The average molecular weight is 397 g/mol. The Morgan fingerprint density at radius 1 is 1.24 bits per heavy atom. The molecule has 5 rings (SSSR count). The number of anilines is 1. The molecule has 0 bridgehead atoms. The molecule has 1 atom stereocenters. The zero-order valence-corrected chi connectivity index (χ0v) is 16.2. The Kier molecular flexibility index (Phi) is 3.97. The van der Waals surface area contributed by atoms with Crippen LogP contribution in [0.25, 0.3) is 11.0 Å². The van der Waals surface area contributed by atoms with Crippen LogP contribution in [0.2, 0.25) is 0 Å². The highest BCUT2D eigenvalue weighted by atomic mass is 16.2. The van der Waals surface area contributed by atoms with E-state index in [0.717, 1.165) is 41.1 Å². The van der Waals surface area contributed by atoms with Crippen LogP contribution in [0, 0.1) is 5.41 Å². The Balaban J connectivity index is 1.34. The quantitative estimate of drug-likeness (QED) is 0.722. The molecule has 3 aliphatic rings. The molecule has 2 N–H and O–H groups in total. The van der Waals surface area contributed by atoms with Crippen molar-refractivity contribution in [1.82, 2.24) is 30.1 Å². The third kappa shape index (κ3) is 3.08. The normalized spacial score (nSPS) is 23.6. The van der Waals surface area contributed by atoms with Crippen LogP contribution in [-0.4, -0.2) is 81.4 Å². The number of nitrogens with zero attached hydrogens (tertiary/aromatic N) is 5. The average Bonchev–Trinajstić information content (AvgIpc) is 3.27. The number of carbonyl (C=O) groups is 3. The lowest BCUT2D eigenvalue weighted by Crippen LogP contribution is -2.45. The van der Waals surface area contributed by atoms with Crippen molar-refractivity contribution in [2.75, 3.05) is 37.6 Å². The highest BCUT2D eigenvalue weighted by Crippen LogP contribution is 2.48. The molecule has 152 valence electrons. The Bertz CT molecular complexity index is 999. The fraction of sp³-hybridized carbons (Fsp3) is 0.526. The van der Waals surface area contributed by atoms with E-state index in [1.807, 2.05) is 12.3 Å². The smallest absolute Gasteiger partial charge is 0.325 e. The predicted octanol–water partition coefficient (Wildman–Crippen LogP) is 0.327. The molecule has 2 aromatic heterocycles. The summed E-state index contributed by atoms with van der Waals surface area (Å²) in [5.41, 5.74) is 0.842. The van der Waals surface area contributed by atoms with E-state index in [2.05, 4.69) is 25.2 Å². The maximum absolute atomic E-state index is 12.9. The first-order valence-electron chi connectivity index (χ1n) is 9.88. The number of aromatic nitrogens is 3. The van der Waals surface area contributed by atoms with Gasteiger partial charge < -0.3 is 20.1 Å². The van der Waals surface area contributed by atoms with Crippen molar-refractivity contribution < 1.29 is 14.4 Å². The van der Waals surface area contributed by atoms with Crippen molar-refractivity contribution >= 4 is 34.7 Å². The molecule has 2 aromatic rings. The molecule has 2 saturated heterocycles. The summed E-state index contributed by atoms with van der Waals surface area (Å²) in [7, 11) is 0. The molecule has 4 amide bonds. The number of carbonyl (C=O) groups excluding carboxylic acids is 3. The molecule has 10 heteroatoms. The van der Waals surface area contributed by atoms with Crippen LogP contribution in [0.15, 0.2) is 18.6 Å². The van der Waals surface area contributed by atoms with Crippen LogP contribution in [0.3, 0.4) is 0 Å². The van der Waals surface area contributed by atoms with Gasteiger partial charge >= 0.3 is 6.03 Å². The highest BCUT2D eigenvalue weighted by Gasteiger charge is 2.48. The van der Waals surface area contributed by atoms with E-state index >= 15 is 0 Å².